The number of aliphatic hydroxyl groups excluding tert-OH is 3. The van der Waals surface area contributed by atoms with E-state index in [-0.39, 0.29) is 6.61 Å². The molecule has 210 valence electrons. The van der Waals surface area contributed by atoms with Crippen LogP contribution in [0.25, 0.3) is 0 Å². The van der Waals surface area contributed by atoms with Crippen molar-refractivity contribution in [3.63, 3.8) is 0 Å². The van der Waals surface area contributed by atoms with Crippen LogP contribution in [0.3, 0.4) is 0 Å². The normalized spacial score (nSPS) is 12.2. The van der Waals surface area contributed by atoms with Gasteiger partial charge < -0.3 is 15.3 Å². The van der Waals surface area contributed by atoms with Gasteiger partial charge >= 0.3 is 0 Å². The number of unbranched alkanes of at least 4 members (excludes halogenated alkanes) is 17. The number of allylic oxidation sites excluding steroid dienone is 3. The van der Waals surface area contributed by atoms with Crippen molar-refractivity contribution < 1.29 is 15.3 Å². The Balaban J connectivity index is 3.35. The second-order valence-corrected chi connectivity index (χ2v) is 9.78. The Morgan fingerprint density at radius 2 is 1.18 bits per heavy atom. The summed E-state index contributed by atoms with van der Waals surface area (Å²) in [5.74, 6) is 18.9. The molecule has 3 N–H and O–H groups in total. The van der Waals surface area contributed by atoms with Gasteiger partial charge in [0.15, 0.2) is 0 Å². The predicted molar refractivity (Wildman–Crippen MR) is 162 cm³/mol. The van der Waals surface area contributed by atoms with Gasteiger partial charge in [0.05, 0.1) is 0 Å². The molecule has 0 saturated heterocycles. The van der Waals surface area contributed by atoms with E-state index < -0.39 is 12.2 Å². The van der Waals surface area contributed by atoms with Crippen LogP contribution in [0.15, 0.2) is 24.3 Å². The van der Waals surface area contributed by atoms with Gasteiger partial charge in [0, 0.05) is 6.42 Å². The maximum Gasteiger partial charge on any atom is 0.133 e. The largest absolute Gasteiger partial charge is 0.384 e. The van der Waals surface area contributed by atoms with Gasteiger partial charge in [0.2, 0.25) is 0 Å². The molecule has 0 aliphatic carbocycles. The standard InChI is InChI=1S/C35H52O3/c1-2-34(37)30-26-23-21-19-17-15-13-11-9-7-5-3-4-6-8-10-12-14-16-18-20-22-24-27-31-35(38)32-28-25-29-33-36/h1,6,8,26,30,34-38H,5,7,9-24,27,31,33H2. The molecule has 0 aromatic rings. The lowest BCUT2D eigenvalue weighted by Crippen LogP contribution is -2.01. The van der Waals surface area contributed by atoms with Gasteiger partial charge in [-0.3, -0.25) is 0 Å². The number of aliphatic hydroxyl groups is 3. The van der Waals surface area contributed by atoms with Crippen LogP contribution in [0.5, 0.6) is 0 Å². The Kier molecular flexibility index (Phi) is 28.9. The van der Waals surface area contributed by atoms with Crippen LogP contribution >= 0.6 is 0 Å². The molecule has 0 aromatic carbocycles. The molecule has 0 bridgehead atoms. The minimum Gasteiger partial charge on any atom is -0.384 e. The van der Waals surface area contributed by atoms with E-state index in [9.17, 15) is 10.2 Å². The fourth-order valence-electron chi connectivity index (χ4n) is 4.03. The molecule has 2 unspecified atom stereocenters. The molecule has 0 rings (SSSR count). The molecule has 3 heteroatoms. The number of hydrogen-bond donors (Lipinski definition) is 3. The summed E-state index contributed by atoms with van der Waals surface area (Å²) in [6, 6.07) is 0. The zero-order valence-corrected chi connectivity index (χ0v) is 23.7. The third kappa shape index (κ3) is 29.8. The molecule has 0 aliphatic rings. The van der Waals surface area contributed by atoms with Crippen LogP contribution in [0.2, 0.25) is 0 Å². The van der Waals surface area contributed by atoms with Gasteiger partial charge in [0.25, 0.3) is 0 Å². The Hall–Kier alpha value is -2.40. The van der Waals surface area contributed by atoms with Crippen molar-refractivity contribution in [2.45, 2.75) is 141 Å². The van der Waals surface area contributed by atoms with Crippen molar-refractivity contribution >= 4 is 0 Å². The fraction of sp³-hybridized carbons (Fsp3) is 0.657. The third-order valence-electron chi connectivity index (χ3n) is 6.28. The van der Waals surface area contributed by atoms with Gasteiger partial charge in [-0.1, -0.05) is 119 Å². The minimum atomic E-state index is -0.731. The predicted octanol–water partition coefficient (Wildman–Crippen LogP) is 7.26. The topological polar surface area (TPSA) is 60.7 Å². The van der Waals surface area contributed by atoms with Gasteiger partial charge in [-0.25, -0.2) is 0 Å². The molecule has 0 aromatic heterocycles. The van der Waals surface area contributed by atoms with Crippen molar-refractivity contribution in [2.24, 2.45) is 0 Å². The highest BCUT2D eigenvalue weighted by Gasteiger charge is 1.99. The van der Waals surface area contributed by atoms with Crippen molar-refractivity contribution in [3.05, 3.63) is 24.3 Å². The fourth-order valence-corrected chi connectivity index (χ4v) is 4.03. The molecule has 0 fully saturated rings. The summed E-state index contributed by atoms with van der Waals surface area (Å²) in [5, 5.41) is 27.5. The van der Waals surface area contributed by atoms with E-state index in [0.29, 0.717) is 6.42 Å². The quantitative estimate of drug-likeness (QED) is 0.0800. The molecule has 3 nitrogen and oxygen atoms in total. The van der Waals surface area contributed by atoms with E-state index in [1.807, 2.05) is 12.2 Å². The van der Waals surface area contributed by atoms with Crippen molar-refractivity contribution in [1.29, 1.82) is 0 Å². The highest BCUT2D eigenvalue weighted by atomic mass is 16.3. The molecule has 0 aliphatic heterocycles. The van der Waals surface area contributed by atoms with E-state index in [2.05, 4.69) is 47.5 Å². The number of rotatable bonds is 22. The number of hydrogen-bond acceptors (Lipinski definition) is 3. The summed E-state index contributed by atoms with van der Waals surface area (Å²) in [4.78, 5) is 0. The molecule has 0 saturated carbocycles. The Labute approximate surface area is 234 Å². The van der Waals surface area contributed by atoms with E-state index >= 15 is 0 Å². The van der Waals surface area contributed by atoms with Crippen LogP contribution in [0.1, 0.15) is 128 Å². The first-order valence-electron chi connectivity index (χ1n) is 14.9. The highest BCUT2D eigenvalue weighted by Crippen LogP contribution is 2.12. The second kappa shape index (κ2) is 30.8. The number of terminal acetylenes is 1. The summed E-state index contributed by atoms with van der Waals surface area (Å²) >= 11 is 0. The lowest BCUT2D eigenvalue weighted by Gasteiger charge is -2.03. The maximum atomic E-state index is 9.72. The molecular formula is C35H52O3. The summed E-state index contributed by atoms with van der Waals surface area (Å²) in [5.41, 5.74) is 0. The molecule has 0 radical (unpaired) electrons. The zero-order chi connectivity index (χ0) is 27.8. The summed E-state index contributed by atoms with van der Waals surface area (Å²) in [7, 11) is 0. The van der Waals surface area contributed by atoms with Crippen molar-refractivity contribution in [2.75, 3.05) is 6.61 Å². The second-order valence-electron chi connectivity index (χ2n) is 9.78. The summed E-state index contributed by atoms with van der Waals surface area (Å²) in [6.45, 7) is -0.192. The average Bonchev–Trinajstić information content (AvgIpc) is 2.92. The highest BCUT2D eigenvalue weighted by molar-refractivity contribution is 5.27. The lowest BCUT2D eigenvalue weighted by molar-refractivity contribution is 0.217. The molecule has 38 heavy (non-hydrogen) atoms. The Morgan fingerprint density at radius 3 is 1.79 bits per heavy atom. The first-order valence-corrected chi connectivity index (χ1v) is 14.9. The van der Waals surface area contributed by atoms with Gasteiger partial charge in [-0.15, -0.1) is 6.42 Å². The van der Waals surface area contributed by atoms with Gasteiger partial charge in [-0.05, 0) is 68.9 Å². The SMILES string of the molecule is C#CC(O)C=CCCCCCCCCCCC#CC=CCCCCCCCCCCC(O)C#CC#CCO. The van der Waals surface area contributed by atoms with E-state index in [0.717, 1.165) is 32.1 Å². The van der Waals surface area contributed by atoms with E-state index in [4.69, 9.17) is 11.5 Å². The summed E-state index contributed by atoms with van der Waals surface area (Å²) < 4.78 is 0. The van der Waals surface area contributed by atoms with E-state index in [1.165, 1.54) is 89.9 Å². The van der Waals surface area contributed by atoms with Gasteiger partial charge in [-0.2, -0.15) is 0 Å². The molecule has 2 atom stereocenters. The van der Waals surface area contributed by atoms with Crippen molar-refractivity contribution in [1.82, 2.24) is 0 Å². The first-order chi connectivity index (χ1) is 18.7. The van der Waals surface area contributed by atoms with E-state index in [1.54, 1.807) is 6.08 Å². The molecule has 0 heterocycles. The monoisotopic (exact) mass is 520 g/mol. The van der Waals surface area contributed by atoms with Crippen molar-refractivity contribution in [3.8, 4) is 47.9 Å². The van der Waals surface area contributed by atoms with Gasteiger partial charge in [0.1, 0.15) is 18.8 Å². The smallest absolute Gasteiger partial charge is 0.133 e. The lowest BCUT2D eigenvalue weighted by atomic mass is 10.0. The average molecular weight is 521 g/mol. The Bertz CT molecular complexity index is 813. The molecular weight excluding hydrogens is 468 g/mol. The van der Waals surface area contributed by atoms with Crippen LogP contribution in [-0.4, -0.2) is 34.1 Å². The summed E-state index contributed by atoms with van der Waals surface area (Å²) in [6.07, 6.45) is 35.4. The minimum absolute atomic E-state index is 0.192. The van der Waals surface area contributed by atoms with Crippen LogP contribution in [0, 0.1) is 47.9 Å². The first kappa shape index (κ1) is 35.6. The Morgan fingerprint density at radius 1 is 0.632 bits per heavy atom. The maximum absolute atomic E-state index is 9.72. The molecule has 0 spiro atoms. The van der Waals surface area contributed by atoms with Crippen LogP contribution < -0.4 is 0 Å². The third-order valence-corrected chi connectivity index (χ3v) is 6.28. The van der Waals surface area contributed by atoms with Crippen LogP contribution in [-0.2, 0) is 0 Å². The molecule has 0 amide bonds. The van der Waals surface area contributed by atoms with Crippen LogP contribution in [0.4, 0.5) is 0 Å². The zero-order valence-electron chi connectivity index (χ0n) is 23.7.